The topological polar surface area (TPSA) is 93.5 Å². The van der Waals surface area contributed by atoms with Gasteiger partial charge in [-0.25, -0.2) is 0 Å². The number of Topliss-reactive ketones (excluding diaryl/α,β-unsaturated/α-hetero) is 1. The average molecular weight is 228 g/mol. The van der Waals surface area contributed by atoms with Gasteiger partial charge in [-0.15, -0.1) is 0 Å². The van der Waals surface area contributed by atoms with Crippen molar-refractivity contribution >= 4 is 11.7 Å². The molecule has 0 spiro atoms. The van der Waals surface area contributed by atoms with Crippen LogP contribution in [-0.2, 0) is 4.79 Å². The van der Waals surface area contributed by atoms with Gasteiger partial charge < -0.3 is 16.8 Å². The molecule has 5 nitrogen and oxygen atoms in total. The Kier molecular flexibility index (Phi) is 7.54. The Morgan fingerprint density at radius 2 is 2.06 bits per heavy atom. The molecule has 0 saturated heterocycles. The first kappa shape index (κ1) is 14.9. The molecule has 0 aromatic carbocycles. The maximum Gasteiger partial charge on any atom is 0.185 e. The second-order valence-electron chi connectivity index (χ2n) is 4.09. The molecular formula is C11H24N4O. The molecule has 0 aliphatic heterocycles. The van der Waals surface area contributed by atoms with Crippen molar-refractivity contribution in [2.24, 2.45) is 16.5 Å². The summed E-state index contributed by atoms with van der Waals surface area (Å²) < 4.78 is 0. The molecule has 2 atom stereocenters. The fraction of sp³-hybridized carbons (Fsp3) is 0.818. The Hall–Kier alpha value is -1.10. The minimum atomic E-state index is -0.0795. The number of ketones is 1. The van der Waals surface area contributed by atoms with Crippen LogP contribution in [0, 0.1) is 0 Å². The molecule has 0 fully saturated rings. The van der Waals surface area contributed by atoms with E-state index in [2.05, 4.69) is 24.2 Å². The molecule has 5 heteroatoms. The first-order valence-corrected chi connectivity index (χ1v) is 5.79. The van der Waals surface area contributed by atoms with E-state index in [0.29, 0.717) is 12.6 Å². The van der Waals surface area contributed by atoms with E-state index in [1.807, 2.05) is 0 Å². The number of carbonyl (C=O) groups excluding carboxylic acids is 1. The zero-order valence-corrected chi connectivity index (χ0v) is 10.5. The Morgan fingerprint density at radius 1 is 1.44 bits per heavy atom. The molecule has 0 saturated carbocycles. The lowest BCUT2D eigenvalue weighted by Gasteiger charge is -2.19. The van der Waals surface area contributed by atoms with E-state index < -0.39 is 0 Å². The van der Waals surface area contributed by atoms with Crippen LogP contribution in [0.1, 0.15) is 40.0 Å². The van der Waals surface area contributed by atoms with Crippen molar-refractivity contribution in [3.63, 3.8) is 0 Å². The smallest absolute Gasteiger partial charge is 0.185 e. The van der Waals surface area contributed by atoms with Crippen molar-refractivity contribution in [1.82, 2.24) is 5.32 Å². The van der Waals surface area contributed by atoms with Crippen molar-refractivity contribution in [3.8, 4) is 0 Å². The fourth-order valence-corrected chi connectivity index (χ4v) is 1.37. The minimum Gasteiger partial charge on any atom is -0.370 e. The van der Waals surface area contributed by atoms with Gasteiger partial charge in [-0.3, -0.25) is 9.79 Å². The standard InChI is InChI=1S/C11H24N4O/c1-4-8(2)15-10(9(3)16)6-5-7-14-11(12)13/h8,10,15H,4-7H2,1-3H3,(H4,12,13,14). The van der Waals surface area contributed by atoms with E-state index in [-0.39, 0.29) is 17.8 Å². The first-order valence-electron chi connectivity index (χ1n) is 5.79. The summed E-state index contributed by atoms with van der Waals surface area (Å²) in [5.74, 6) is 0.277. The van der Waals surface area contributed by atoms with E-state index in [4.69, 9.17) is 11.5 Å². The number of nitrogens with two attached hydrogens (primary N) is 2. The van der Waals surface area contributed by atoms with E-state index in [1.54, 1.807) is 6.92 Å². The summed E-state index contributed by atoms with van der Waals surface area (Å²) in [6.07, 6.45) is 2.60. The van der Waals surface area contributed by atoms with E-state index in [0.717, 1.165) is 19.3 Å². The monoisotopic (exact) mass is 228 g/mol. The molecule has 0 aromatic rings. The second-order valence-corrected chi connectivity index (χ2v) is 4.09. The maximum atomic E-state index is 11.4. The van der Waals surface area contributed by atoms with Crippen LogP contribution in [0.3, 0.4) is 0 Å². The summed E-state index contributed by atoms with van der Waals surface area (Å²) in [5, 5.41) is 3.29. The van der Waals surface area contributed by atoms with Gasteiger partial charge in [0.15, 0.2) is 5.96 Å². The van der Waals surface area contributed by atoms with Crippen molar-refractivity contribution in [1.29, 1.82) is 0 Å². The van der Waals surface area contributed by atoms with E-state index >= 15 is 0 Å². The quantitative estimate of drug-likeness (QED) is 0.318. The number of guanidine groups is 1. The molecular weight excluding hydrogens is 204 g/mol. The van der Waals surface area contributed by atoms with Crippen LogP contribution in [0.15, 0.2) is 4.99 Å². The SMILES string of the molecule is CCC(C)NC(CCCN=C(N)N)C(C)=O. The highest BCUT2D eigenvalue weighted by Gasteiger charge is 2.14. The Morgan fingerprint density at radius 3 is 2.50 bits per heavy atom. The summed E-state index contributed by atoms with van der Waals surface area (Å²) in [5.41, 5.74) is 10.4. The number of nitrogens with zero attached hydrogens (tertiary/aromatic N) is 1. The van der Waals surface area contributed by atoms with Crippen LogP contribution in [0.25, 0.3) is 0 Å². The molecule has 94 valence electrons. The summed E-state index contributed by atoms with van der Waals surface area (Å²) in [4.78, 5) is 15.3. The Balaban J connectivity index is 3.95. The van der Waals surface area contributed by atoms with Gasteiger partial charge in [-0.1, -0.05) is 6.92 Å². The predicted octanol–water partition coefficient (Wildman–Crippen LogP) is 0.386. The number of carbonyl (C=O) groups is 1. The minimum absolute atomic E-state index is 0.0795. The number of hydrogen-bond acceptors (Lipinski definition) is 3. The lowest BCUT2D eigenvalue weighted by molar-refractivity contribution is -0.119. The van der Waals surface area contributed by atoms with Gasteiger partial charge in [0.05, 0.1) is 6.04 Å². The Labute approximate surface area is 97.7 Å². The number of hydrogen-bond donors (Lipinski definition) is 3. The summed E-state index contributed by atoms with van der Waals surface area (Å²) in [7, 11) is 0. The molecule has 0 aromatic heterocycles. The molecule has 2 unspecified atom stereocenters. The number of aliphatic imine (C=N–C) groups is 1. The highest BCUT2D eigenvalue weighted by Crippen LogP contribution is 2.02. The molecule has 0 rings (SSSR count). The van der Waals surface area contributed by atoms with Gasteiger partial charge in [0.2, 0.25) is 0 Å². The molecule has 0 heterocycles. The normalized spacial score (nSPS) is 14.2. The zero-order chi connectivity index (χ0) is 12.6. The molecule has 0 amide bonds. The predicted molar refractivity (Wildman–Crippen MR) is 67.3 cm³/mol. The maximum absolute atomic E-state index is 11.4. The van der Waals surface area contributed by atoms with E-state index in [1.165, 1.54) is 0 Å². The largest absolute Gasteiger partial charge is 0.370 e. The first-order chi connectivity index (χ1) is 7.47. The van der Waals surface area contributed by atoms with Crippen molar-refractivity contribution in [2.45, 2.75) is 52.1 Å². The highest BCUT2D eigenvalue weighted by atomic mass is 16.1. The molecule has 0 aliphatic carbocycles. The lowest BCUT2D eigenvalue weighted by Crippen LogP contribution is -2.40. The van der Waals surface area contributed by atoms with Crippen molar-refractivity contribution in [3.05, 3.63) is 0 Å². The molecule has 0 bridgehead atoms. The third kappa shape index (κ3) is 7.23. The van der Waals surface area contributed by atoms with Crippen LogP contribution >= 0.6 is 0 Å². The average Bonchev–Trinajstić information content (AvgIpc) is 2.21. The number of nitrogens with one attached hydrogen (secondary N) is 1. The summed E-state index contributed by atoms with van der Waals surface area (Å²) in [6.45, 7) is 6.36. The van der Waals surface area contributed by atoms with Crippen LogP contribution in [0.2, 0.25) is 0 Å². The van der Waals surface area contributed by atoms with Crippen molar-refractivity contribution in [2.75, 3.05) is 6.54 Å². The molecule has 5 N–H and O–H groups in total. The summed E-state index contributed by atoms with van der Waals surface area (Å²) in [6, 6.07) is 0.279. The van der Waals surface area contributed by atoms with Gasteiger partial charge >= 0.3 is 0 Å². The third-order valence-electron chi connectivity index (χ3n) is 2.53. The van der Waals surface area contributed by atoms with Crippen LogP contribution in [0.5, 0.6) is 0 Å². The van der Waals surface area contributed by atoms with Gasteiger partial charge in [-0.05, 0) is 33.1 Å². The van der Waals surface area contributed by atoms with Crippen LogP contribution < -0.4 is 16.8 Å². The van der Waals surface area contributed by atoms with Gasteiger partial charge in [-0.2, -0.15) is 0 Å². The highest BCUT2D eigenvalue weighted by molar-refractivity contribution is 5.81. The van der Waals surface area contributed by atoms with Crippen molar-refractivity contribution < 1.29 is 4.79 Å². The second kappa shape index (κ2) is 8.10. The summed E-state index contributed by atoms with van der Waals surface area (Å²) >= 11 is 0. The van der Waals surface area contributed by atoms with Crippen LogP contribution in [0.4, 0.5) is 0 Å². The van der Waals surface area contributed by atoms with Gasteiger partial charge in [0, 0.05) is 12.6 Å². The lowest BCUT2D eigenvalue weighted by atomic mass is 10.1. The molecule has 0 radical (unpaired) electrons. The van der Waals surface area contributed by atoms with Gasteiger partial charge in [0.25, 0.3) is 0 Å². The fourth-order valence-electron chi connectivity index (χ4n) is 1.37. The number of rotatable bonds is 8. The van der Waals surface area contributed by atoms with E-state index in [9.17, 15) is 4.79 Å². The molecule has 0 aliphatic rings. The Bertz CT molecular complexity index is 236. The van der Waals surface area contributed by atoms with Crippen LogP contribution in [-0.4, -0.2) is 30.4 Å². The third-order valence-corrected chi connectivity index (χ3v) is 2.53. The molecule has 16 heavy (non-hydrogen) atoms. The zero-order valence-electron chi connectivity index (χ0n) is 10.5. The van der Waals surface area contributed by atoms with Gasteiger partial charge in [0.1, 0.15) is 5.78 Å².